The smallest absolute Gasteiger partial charge is 0.204 e. The lowest BCUT2D eigenvalue weighted by molar-refractivity contribution is 0.393. The summed E-state index contributed by atoms with van der Waals surface area (Å²) in [7, 11) is 0. The molecule has 0 aliphatic carbocycles. The van der Waals surface area contributed by atoms with E-state index in [4.69, 9.17) is 0 Å². The van der Waals surface area contributed by atoms with E-state index < -0.39 is 6.67 Å². The van der Waals surface area contributed by atoms with E-state index in [0.29, 0.717) is 5.69 Å². The van der Waals surface area contributed by atoms with Crippen LogP contribution < -0.4 is 0 Å². The van der Waals surface area contributed by atoms with Gasteiger partial charge in [0.25, 0.3) is 0 Å². The summed E-state index contributed by atoms with van der Waals surface area (Å²) < 4.78 is 14.7. The quantitative estimate of drug-likeness (QED) is 0.892. The Labute approximate surface area is 106 Å². The highest BCUT2D eigenvalue weighted by atomic mass is 79.9. The average molecular weight is 300 g/mol. The molecule has 0 atom stereocenters. The lowest BCUT2D eigenvalue weighted by Gasteiger charge is -2.10. The van der Waals surface area contributed by atoms with Gasteiger partial charge >= 0.3 is 0 Å². The topological polar surface area (TPSA) is 45.4 Å². The number of aryl methyl sites for hydroxylation is 1. The van der Waals surface area contributed by atoms with Gasteiger partial charge in [-0.3, -0.25) is 4.57 Å². The molecule has 3 nitrogen and oxygen atoms in total. The van der Waals surface area contributed by atoms with Gasteiger partial charge in [-0.1, -0.05) is 15.9 Å². The zero-order chi connectivity index (χ0) is 12.6. The molecule has 0 fully saturated rings. The largest absolute Gasteiger partial charge is 0.494 e. The van der Waals surface area contributed by atoms with Crippen LogP contribution in [0, 0.1) is 6.92 Å². The number of rotatable bonds is 2. The van der Waals surface area contributed by atoms with Gasteiger partial charge < -0.3 is 10.2 Å². The van der Waals surface area contributed by atoms with Crippen LogP contribution in [-0.2, 0) is 6.67 Å². The monoisotopic (exact) mass is 299 g/mol. The van der Waals surface area contributed by atoms with Crippen LogP contribution in [0.25, 0.3) is 5.69 Å². The summed E-state index contributed by atoms with van der Waals surface area (Å²) in [5, 5.41) is 19.5. The Balaban J connectivity index is 2.64. The van der Waals surface area contributed by atoms with Crippen LogP contribution in [0.2, 0.25) is 0 Å². The van der Waals surface area contributed by atoms with Crippen molar-refractivity contribution < 1.29 is 14.6 Å². The Kier molecular flexibility index (Phi) is 3.11. The highest BCUT2D eigenvalue weighted by molar-refractivity contribution is 9.10. The maximum absolute atomic E-state index is 12.6. The van der Waals surface area contributed by atoms with Crippen LogP contribution in [0.3, 0.4) is 0 Å². The van der Waals surface area contributed by atoms with E-state index in [1.54, 1.807) is 12.1 Å². The fraction of sp³-hybridized carbons (Fsp3) is 0.167. The lowest BCUT2D eigenvalue weighted by atomic mass is 10.2. The SMILES string of the molecule is Cc1cc(Br)ccc1-n1c(O)cc(CF)c1O. The van der Waals surface area contributed by atoms with Crippen molar-refractivity contribution in [3.05, 3.63) is 39.9 Å². The van der Waals surface area contributed by atoms with Crippen LogP contribution in [0.4, 0.5) is 4.39 Å². The molecular formula is C12H11BrFNO2. The minimum absolute atomic E-state index is 0.0739. The molecule has 0 aliphatic heterocycles. The molecule has 0 saturated carbocycles. The first-order valence-electron chi connectivity index (χ1n) is 4.99. The molecule has 0 saturated heterocycles. The zero-order valence-corrected chi connectivity index (χ0v) is 10.7. The van der Waals surface area contributed by atoms with Crippen LogP contribution >= 0.6 is 15.9 Å². The van der Waals surface area contributed by atoms with Crippen molar-refractivity contribution in [2.45, 2.75) is 13.6 Å². The van der Waals surface area contributed by atoms with Gasteiger partial charge in [0, 0.05) is 16.1 Å². The van der Waals surface area contributed by atoms with Gasteiger partial charge in [-0.2, -0.15) is 0 Å². The molecule has 5 heteroatoms. The Bertz CT molecular complexity index is 566. The molecule has 1 aromatic heterocycles. The van der Waals surface area contributed by atoms with Gasteiger partial charge in [-0.05, 0) is 30.7 Å². The predicted molar refractivity (Wildman–Crippen MR) is 66.3 cm³/mol. The molecule has 0 unspecified atom stereocenters. The van der Waals surface area contributed by atoms with Crippen molar-refractivity contribution in [1.82, 2.24) is 4.57 Å². The van der Waals surface area contributed by atoms with Crippen LogP contribution in [0.1, 0.15) is 11.1 Å². The van der Waals surface area contributed by atoms with Gasteiger partial charge in [0.05, 0.1) is 5.69 Å². The van der Waals surface area contributed by atoms with Gasteiger partial charge in [-0.25, -0.2) is 4.39 Å². The Hall–Kier alpha value is -1.49. The molecule has 17 heavy (non-hydrogen) atoms. The number of hydrogen-bond donors (Lipinski definition) is 2. The number of hydrogen-bond acceptors (Lipinski definition) is 2. The summed E-state index contributed by atoms with van der Waals surface area (Å²) in [4.78, 5) is 0. The number of nitrogens with zero attached hydrogens (tertiary/aromatic N) is 1. The van der Waals surface area contributed by atoms with E-state index in [1.807, 2.05) is 13.0 Å². The van der Waals surface area contributed by atoms with Crippen molar-refractivity contribution >= 4 is 15.9 Å². The van der Waals surface area contributed by atoms with Crippen molar-refractivity contribution in [3.63, 3.8) is 0 Å². The standard InChI is InChI=1S/C12H11BrFNO2/c1-7-4-9(13)2-3-10(7)15-11(16)5-8(6-14)12(15)17/h2-5,16-17H,6H2,1H3. The summed E-state index contributed by atoms with van der Waals surface area (Å²) in [6.45, 7) is 1.02. The highest BCUT2D eigenvalue weighted by Crippen LogP contribution is 2.33. The molecule has 2 rings (SSSR count). The van der Waals surface area contributed by atoms with Crippen molar-refractivity contribution in [1.29, 1.82) is 0 Å². The Morgan fingerprint density at radius 2 is 2.00 bits per heavy atom. The minimum atomic E-state index is -0.817. The van der Waals surface area contributed by atoms with Gasteiger partial charge in [-0.15, -0.1) is 0 Å². The fourth-order valence-electron chi connectivity index (χ4n) is 1.74. The van der Waals surface area contributed by atoms with Gasteiger partial charge in [0.15, 0.2) is 5.88 Å². The molecule has 2 N–H and O–H groups in total. The van der Waals surface area contributed by atoms with E-state index >= 15 is 0 Å². The lowest BCUT2D eigenvalue weighted by Crippen LogP contribution is -1.96. The van der Waals surface area contributed by atoms with Crippen molar-refractivity contribution in [3.8, 4) is 17.4 Å². The van der Waals surface area contributed by atoms with Crippen molar-refractivity contribution in [2.24, 2.45) is 0 Å². The number of halogens is 2. The highest BCUT2D eigenvalue weighted by Gasteiger charge is 2.16. The number of benzene rings is 1. The molecule has 0 radical (unpaired) electrons. The molecule has 0 amide bonds. The number of aromatic hydroxyl groups is 2. The molecule has 90 valence electrons. The third-order valence-corrected chi connectivity index (χ3v) is 3.07. The summed E-state index contributed by atoms with van der Waals surface area (Å²) in [6.07, 6.45) is 0. The first-order valence-corrected chi connectivity index (χ1v) is 5.79. The Morgan fingerprint density at radius 1 is 1.29 bits per heavy atom. The molecule has 0 bridgehead atoms. The van der Waals surface area contributed by atoms with Gasteiger partial charge in [0.1, 0.15) is 6.67 Å². The second-order valence-corrected chi connectivity index (χ2v) is 4.67. The molecule has 2 aromatic rings. The second kappa shape index (κ2) is 4.41. The summed E-state index contributed by atoms with van der Waals surface area (Å²) in [6, 6.07) is 6.59. The van der Waals surface area contributed by atoms with E-state index in [2.05, 4.69) is 15.9 Å². The van der Waals surface area contributed by atoms with Crippen LogP contribution in [-0.4, -0.2) is 14.8 Å². The van der Waals surface area contributed by atoms with Crippen molar-refractivity contribution in [2.75, 3.05) is 0 Å². The van der Waals surface area contributed by atoms with Crippen LogP contribution in [0.15, 0.2) is 28.7 Å². The van der Waals surface area contributed by atoms with E-state index in [1.165, 1.54) is 10.6 Å². The van der Waals surface area contributed by atoms with E-state index in [-0.39, 0.29) is 17.3 Å². The normalized spacial score (nSPS) is 10.8. The maximum atomic E-state index is 12.6. The number of alkyl halides is 1. The summed E-state index contributed by atoms with van der Waals surface area (Å²) in [5.41, 5.74) is 1.54. The average Bonchev–Trinajstić information content (AvgIpc) is 2.55. The first-order chi connectivity index (χ1) is 8.04. The van der Waals surface area contributed by atoms with E-state index in [0.717, 1.165) is 10.0 Å². The minimum Gasteiger partial charge on any atom is -0.494 e. The maximum Gasteiger partial charge on any atom is 0.204 e. The molecular weight excluding hydrogens is 289 g/mol. The Morgan fingerprint density at radius 3 is 2.53 bits per heavy atom. The fourth-order valence-corrected chi connectivity index (χ4v) is 2.22. The molecule has 1 heterocycles. The number of aromatic nitrogens is 1. The second-order valence-electron chi connectivity index (χ2n) is 3.75. The molecule has 0 spiro atoms. The molecule has 1 aromatic carbocycles. The van der Waals surface area contributed by atoms with Gasteiger partial charge in [0.2, 0.25) is 5.88 Å². The predicted octanol–water partition coefficient (Wildman–Crippen LogP) is 3.43. The third-order valence-electron chi connectivity index (χ3n) is 2.58. The summed E-state index contributed by atoms with van der Waals surface area (Å²) in [5.74, 6) is -0.448. The third kappa shape index (κ3) is 2.02. The first kappa shape index (κ1) is 12.0. The van der Waals surface area contributed by atoms with Crippen LogP contribution in [0.5, 0.6) is 11.8 Å². The summed E-state index contributed by atoms with van der Waals surface area (Å²) >= 11 is 3.33. The van der Waals surface area contributed by atoms with E-state index in [9.17, 15) is 14.6 Å². The zero-order valence-electron chi connectivity index (χ0n) is 9.11. The molecule has 0 aliphatic rings.